The standard InChI is InChI=1S/C19H27N5S.HI/c1-19(2)14-24(10-11-25-19)18(20-3)22-12-16-4-6-17(7-5-16)13-23-9-8-21-15-23;/h4-9,15H,10-14H2,1-3H3,(H,20,22);1H. The second-order valence-corrected chi connectivity index (χ2v) is 8.78. The van der Waals surface area contributed by atoms with Crippen LogP contribution in [0.1, 0.15) is 25.0 Å². The number of rotatable bonds is 4. The van der Waals surface area contributed by atoms with E-state index in [1.165, 1.54) is 11.1 Å². The zero-order valence-corrected chi connectivity index (χ0v) is 18.8. The van der Waals surface area contributed by atoms with Gasteiger partial charge >= 0.3 is 0 Å². The largest absolute Gasteiger partial charge is 0.352 e. The van der Waals surface area contributed by atoms with Crippen LogP contribution in [-0.2, 0) is 13.1 Å². The van der Waals surface area contributed by atoms with Crippen LogP contribution in [-0.4, -0.2) is 51.0 Å². The van der Waals surface area contributed by atoms with Crippen molar-refractivity contribution in [1.29, 1.82) is 0 Å². The second kappa shape index (κ2) is 9.64. The molecule has 0 aliphatic carbocycles. The summed E-state index contributed by atoms with van der Waals surface area (Å²) in [5, 5.41) is 3.51. The van der Waals surface area contributed by atoms with Crippen molar-refractivity contribution in [2.75, 3.05) is 25.9 Å². The number of hydrogen-bond donors (Lipinski definition) is 1. The lowest BCUT2D eigenvalue weighted by molar-refractivity contribution is 0.375. The number of aliphatic imine (C=N–C) groups is 1. The van der Waals surface area contributed by atoms with E-state index in [0.29, 0.717) is 0 Å². The lowest BCUT2D eigenvalue weighted by atomic mass is 10.1. The highest BCUT2D eigenvalue weighted by Gasteiger charge is 2.28. The third-order valence-electron chi connectivity index (χ3n) is 4.33. The summed E-state index contributed by atoms with van der Waals surface area (Å²) in [5.74, 6) is 2.15. The van der Waals surface area contributed by atoms with Crippen molar-refractivity contribution in [2.45, 2.75) is 31.7 Å². The molecule has 2 aromatic rings. The fraction of sp³-hybridized carbons (Fsp3) is 0.474. The van der Waals surface area contributed by atoms with E-state index in [1.807, 2.05) is 37.5 Å². The number of nitrogens with one attached hydrogen (secondary N) is 1. The lowest BCUT2D eigenvalue weighted by Crippen LogP contribution is -2.50. The Bertz CT molecular complexity index is 697. The first-order valence-electron chi connectivity index (χ1n) is 8.69. The van der Waals surface area contributed by atoms with E-state index in [1.54, 1.807) is 0 Å². The summed E-state index contributed by atoms with van der Waals surface area (Å²) in [6.07, 6.45) is 5.64. The molecule has 0 saturated carbocycles. The van der Waals surface area contributed by atoms with E-state index in [4.69, 9.17) is 0 Å². The zero-order chi connectivity index (χ0) is 17.7. The number of imidazole rings is 1. The van der Waals surface area contributed by atoms with Gasteiger partial charge in [0, 0.05) is 56.1 Å². The van der Waals surface area contributed by atoms with Gasteiger partial charge in [0.05, 0.1) is 6.33 Å². The highest BCUT2D eigenvalue weighted by atomic mass is 127. The summed E-state index contributed by atoms with van der Waals surface area (Å²) in [6, 6.07) is 8.73. The first-order chi connectivity index (χ1) is 12.1. The molecule has 1 aliphatic rings. The number of benzene rings is 1. The number of aromatic nitrogens is 2. The SMILES string of the molecule is CN=C(NCc1ccc(Cn2ccnc2)cc1)N1CCSC(C)(C)C1.I. The van der Waals surface area contributed by atoms with Gasteiger partial charge in [0.2, 0.25) is 0 Å². The molecular weight excluding hydrogens is 457 g/mol. The minimum absolute atomic E-state index is 0. The summed E-state index contributed by atoms with van der Waals surface area (Å²) in [6.45, 7) is 8.34. The van der Waals surface area contributed by atoms with Crippen LogP contribution in [0, 0.1) is 0 Å². The monoisotopic (exact) mass is 485 g/mol. The molecule has 0 radical (unpaired) electrons. The van der Waals surface area contributed by atoms with Crippen LogP contribution >= 0.6 is 35.7 Å². The minimum atomic E-state index is 0. The van der Waals surface area contributed by atoms with Gasteiger partial charge in [-0.15, -0.1) is 24.0 Å². The average molecular weight is 485 g/mol. The molecule has 26 heavy (non-hydrogen) atoms. The Hall–Kier alpha value is -1.22. The molecule has 7 heteroatoms. The van der Waals surface area contributed by atoms with Crippen molar-refractivity contribution < 1.29 is 0 Å². The predicted octanol–water partition coefficient (Wildman–Crippen LogP) is 3.45. The minimum Gasteiger partial charge on any atom is -0.352 e. The molecule has 0 atom stereocenters. The Morgan fingerprint density at radius 1 is 1.27 bits per heavy atom. The first-order valence-corrected chi connectivity index (χ1v) is 9.67. The second-order valence-electron chi connectivity index (χ2n) is 6.98. The molecule has 0 bridgehead atoms. The van der Waals surface area contributed by atoms with Gasteiger partial charge in [-0.2, -0.15) is 11.8 Å². The average Bonchev–Trinajstić information content (AvgIpc) is 3.09. The molecule has 2 heterocycles. The van der Waals surface area contributed by atoms with Crippen molar-refractivity contribution >= 4 is 41.7 Å². The first kappa shape index (κ1) is 21.1. The van der Waals surface area contributed by atoms with Crippen molar-refractivity contribution in [1.82, 2.24) is 19.8 Å². The highest BCUT2D eigenvalue weighted by molar-refractivity contribution is 14.0. The molecule has 1 saturated heterocycles. The molecule has 1 fully saturated rings. The van der Waals surface area contributed by atoms with Gasteiger partial charge in [-0.1, -0.05) is 24.3 Å². The van der Waals surface area contributed by atoms with Gasteiger partial charge in [-0.3, -0.25) is 4.99 Å². The fourth-order valence-electron chi connectivity index (χ4n) is 3.06. The number of thioether (sulfide) groups is 1. The van der Waals surface area contributed by atoms with Crippen LogP contribution in [0.4, 0.5) is 0 Å². The summed E-state index contributed by atoms with van der Waals surface area (Å²) < 4.78 is 2.36. The van der Waals surface area contributed by atoms with Gasteiger partial charge in [0.1, 0.15) is 0 Å². The number of guanidine groups is 1. The van der Waals surface area contributed by atoms with Crippen LogP contribution in [0.5, 0.6) is 0 Å². The molecule has 3 rings (SSSR count). The van der Waals surface area contributed by atoms with E-state index < -0.39 is 0 Å². The third kappa shape index (κ3) is 5.90. The van der Waals surface area contributed by atoms with Gasteiger partial charge in [0.25, 0.3) is 0 Å². The Morgan fingerprint density at radius 3 is 2.62 bits per heavy atom. The maximum atomic E-state index is 4.47. The molecule has 0 amide bonds. The van der Waals surface area contributed by atoms with E-state index in [0.717, 1.165) is 37.9 Å². The summed E-state index contributed by atoms with van der Waals surface area (Å²) >= 11 is 2.04. The van der Waals surface area contributed by atoms with Gasteiger partial charge in [-0.05, 0) is 25.0 Å². The molecule has 1 aliphatic heterocycles. The van der Waals surface area contributed by atoms with Crippen LogP contribution in [0.2, 0.25) is 0 Å². The maximum Gasteiger partial charge on any atom is 0.193 e. The number of nitrogens with zero attached hydrogens (tertiary/aromatic N) is 4. The van der Waals surface area contributed by atoms with E-state index in [2.05, 4.69) is 62.9 Å². The van der Waals surface area contributed by atoms with Gasteiger partial charge < -0.3 is 14.8 Å². The van der Waals surface area contributed by atoms with Gasteiger partial charge in [0.15, 0.2) is 5.96 Å². The third-order valence-corrected chi connectivity index (χ3v) is 5.63. The molecule has 1 aromatic heterocycles. The molecule has 1 N–H and O–H groups in total. The Morgan fingerprint density at radius 2 is 2.00 bits per heavy atom. The predicted molar refractivity (Wildman–Crippen MR) is 121 cm³/mol. The van der Waals surface area contributed by atoms with E-state index in [9.17, 15) is 0 Å². The molecule has 5 nitrogen and oxygen atoms in total. The quantitative estimate of drug-likeness (QED) is 0.410. The van der Waals surface area contributed by atoms with Crippen LogP contribution in [0.15, 0.2) is 48.0 Å². The van der Waals surface area contributed by atoms with Crippen LogP contribution in [0.3, 0.4) is 0 Å². The van der Waals surface area contributed by atoms with Crippen molar-refractivity contribution in [3.63, 3.8) is 0 Å². The van der Waals surface area contributed by atoms with Crippen LogP contribution in [0.25, 0.3) is 0 Å². The van der Waals surface area contributed by atoms with E-state index in [-0.39, 0.29) is 28.7 Å². The fourth-order valence-corrected chi connectivity index (χ4v) is 4.18. The Labute approximate surface area is 177 Å². The molecule has 142 valence electrons. The smallest absolute Gasteiger partial charge is 0.193 e. The van der Waals surface area contributed by atoms with Crippen molar-refractivity contribution in [3.05, 3.63) is 54.1 Å². The molecule has 1 aromatic carbocycles. The number of hydrogen-bond acceptors (Lipinski definition) is 3. The zero-order valence-electron chi connectivity index (χ0n) is 15.7. The summed E-state index contributed by atoms with van der Waals surface area (Å²) in [7, 11) is 1.87. The molecular formula is C19H28IN5S. The number of halogens is 1. The lowest BCUT2D eigenvalue weighted by Gasteiger charge is -2.39. The Kier molecular flexibility index (Phi) is 7.82. The van der Waals surface area contributed by atoms with E-state index >= 15 is 0 Å². The van der Waals surface area contributed by atoms with Crippen molar-refractivity contribution in [3.8, 4) is 0 Å². The van der Waals surface area contributed by atoms with Crippen LogP contribution < -0.4 is 5.32 Å². The van der Waals surface area contributed by atoms with Crippen molar-refractivity contribution in [2.24, 2.45) is 4.99 Å². The summed E-state index contributed by atoms with van der Waals surface area (Å²) in [5.41, 5.74) is 2.54. The highest BCUT2D eigenvalue weighted by Crippen LogP contribution is 2.29. The Balaban J connectivity index is 0.00000243. The molecule has 0 unspecified atom stereocenters. The van der Waals surface area contributed by atoms with Gasteiger partial charge in [-0.25, -0.2) is 4.98 Å². The molecule has 0 spiro atoms. The topological polar surface area (TPSA) is 45.5 Å². The maximum absolute atomic E-state index is 4.47. The summed E-state index contributed by atoms with van der Waals surface area (Å²) in [4.78, 5) is 10.9. The normalized spacial score (nSPS) is 16.9.